The zero-order valence-corrected chi connectivity index (χ0v) is 84.2. The van der Waals surface area contributed by atoms with Gasteiger partial charge in [0.15, 0.2) is 104 Å². The molecular formula is C89H107Cl6F16IN16O17. The summed E-state index contributed by atoms with van der Waals surface area (Å²) in [6, 6.07) is 12.2. The fourth-order valence-electron chi connectivity index (χ4n) is 9.91. The third kappa shape index (κ3) is 44.5. The number of methoxy groups -OCH3 is 11. The lowest BCUT2D eigenvalue weighted by atomic mass is 10.1. The summed E-state index contributed by atoms with van der Waals surface area (Å²) >= 11 is 35.0. The number of halogens is 23. The summed E-state index contributed by atoms with van der Waals surface area (Å²) in [6.07, 6.45) is -1.65. The second-order valence-electron chi connectivity index (χ2n) is 27.3. The van der Waals surface area contributed by atoms with Gasteiger partial charge in [0.2, 0.25) is 15.9 Å². The van der Waals surface area contributed by atoms with Gasteiger partial charge >= 0.3 is 24.0 Å². The van der Waals surface area contributed by atoms with Crippen molar-refractivity contribution in [3.05, 3.63) is 230 Å². The van der Waals surface area contributed by atoms with Gasteiger partial charge in [0.25, 0.3) is 12.9 Å². The molecule has 7 aromatic carbocycles. The Balaban J connectivity index is -0.000000780. The van der Waals surface area contributed by atoms with Crippen LogP contribution in [0.4, 0.5) is 104 Å². The highest BCUT2D eigenvalue weighted by atomic mass is 127. The number of anilines is 5. The van der Waals surface area contributed by atoms with Crippen molar-refractivity contribution in [3.8, 4) is 51.7 Å². The van der Waals surface area contributed by atoms with E-state index < -0.39 is 153 Å². The molecule has 0 aliphatic heterocycles. The molecule has 0 aliphatic rings. The largest absolute Gasteiger partial charge is 0.497 e. The molecule has 0 spiro atoms. The van der Waals surface area contributed by atoms with E-state index in [2.05, 4.69) is 130 Å². The van der Waals surface area contributed by atoms with E-state index in [1.165, 1.54) is 122 Å². The number of carboxylic acid groups (broad SMARTS) is 1. The maximum Gasteiger partial charge on any atom is 0.412 e. The zero-order chi connectivity index (χ0) is 108. The van der Waals surface area contributed by atoms with Crippen LogP contribution in [0, 0.1) is 110 Å². The number of hydrogen-bond acceptors (Lipinski definition) is 29. The number of hydrogen-bond donors (Lipinski definition) is 8. The number of benzene rings is 7. The normalized spacial score (nSPS) is 9.97. The number of nitrogens with zero attached hydrogens (tertiary/aromatic N) is 9. The summed E-state index contributed by atoms with van der Waals surface area (Å²) in [4.78, 5) is 66.9. The van der Waals surface area contributed by atoms with E-state index in [1.54, 1.807) is 46.2 Å². The second kappa shape index (κ2) is 69.4. The lowest BCUT2D eigenvalue weighted by molar-refractivity contribution is 0.0583. The van der Waals surface area contributed by atoms with Crippen LogP contribution in [-0.2, 0) is 31.7 Å². The molecule has 1 amide bonds. The average Bonchev–Trinajstić information content (AvgIpc) is 0.801. The molecule has 56 heteroatoms. The number of alkyl halides is 5. The summed E-state index contributed by atoms with van der Waals surface area (Å²) in [5, 5.41) is 23.8. The zero-order valence-electron chi connectivity index (χ0n) is 77.5. The number of nitrogen functional groups attached to an aromatic ring is 1. The van der Waals surface area contributed by atoms with Crippen molar-refractivity contribution in [1.29, 1.82) is 5.53 Å². The molecule has 10 rings (SSSR count). The number of esters is 2. The molecule has 3 aromatic heterocycles. The van der Waals surface area contributed by atoms with Gasteiger partial charge in [-0.1, -0.05) is 80.1 Å². The van der Waals surface area contributed by atoms with E-state index in [4.69, 9.17) is 108 Å². The van der Waals surface area contributed by atoms with Crippen LogP contribution in [0.25, 0.3) is 0 Å². The first-order valence-corrected chi connectivity index (χ1v) is 42.3. The summed E-state index contributed by atoms with van der Waals surface area (Å²) in [5.74, 6) is -15.1. The Hall–Kier alpha value is -12.6. The average molecular weight is 2320 g/mol. The predicted octanol–water partition coefficient (Wildman–Crippen LogP) is 25.7. The van der Waals surface area contributed by atoms with Crippen LogP contribution in [-0.4, -0.2) is 169 Å². The molecule has 3 heterocycles. The highest BCUT2D eigenvalue weighted by molar-refractivity contribution is 14.1. The standard InChI is InChI=1S/C15H15ClF4N4O2.C13H11Cl2F2N3O2.C13H17F2NO3.C10H10F2O3.C10H12O3.C9H8F2O3.C8H9F2NO.C5H3Cl2IN2.C2H5F2N.4CH4.ClHN4/c1-25-8-3-9(26-2)12(20)13(11(8)19)21-4-7-5-23-15(16)24-14(7)22-6-10(17)18;1-21-7-3-8(22-2)10(17)11(9(7)16)18-4-6-5-19-13(15)20-12(6)14;1-7-6-8(18-5)10(15)11(9(7)14)16-12(17)19-13(2,3)4;1-5-4-6(14-2)9(12)7(8(5)11)10(13)15-3;1-7-4-8(10(11)13-3)6-9(5-7)12-2;1-4-3-5(14-2)8(11)6(7(4)10)9(12)13;1-4-3-5(12-2)7(10)8(11)6(4)9;6-4-3(1-8)2-9-5(7)10-4;3-2(4)1-5;;;;;1-3-5-4-2/h3,5,10,21H,4,6H2,1-2H3,(H,22,23,24);3,5,18H,4H2,1-2H3;6H,1-5H3,(H,16,17);4H,1-3H3;4-6H,1-3H3;3H,1-2H3,(H,12,13);3H,11H2,1-2H3;2H,1H2;2H,1,5H2;4*1H4;2H. The van der Waals surface area contributed by atoms with Gasteiger partial charge in [-0.15, -0.1) is 0 Å². The van der Waals surface area contributed by atoms with Gasteiger partial charge in [-0.25, -0.2) is 119 Å². The SMILES string of the molecule is C.C.C.C.COC(=O)c1c(F)c(C)cc(OC)c1F.COC(=O)c1cc(C)cc(OC)c1.COc1cc(C)c(F)c(C(=O)O)c1F.COc1cc(C)c(F)c(N)c1F.COc1cc(C)c(F)c(NC(=O)OC(C)(C)C)c1F.COc1cc(OC)c(F)c(NCc2cnc(Cl)nc2Cl)c1F.COc1cc(OC)c(F)c(NCc2cnc(Cl)nc2NCC(F)F)c1F.Clc1ncc(CI)c(Cl)n1.N=NN=NCl.NCC(F)F. The first kappa shape index (κ1) is 139. The maximum atomic E-state index is 14.3. The molecule has 0 saturated heterocycles. The van der Waals surface area contributed by atoms with E-state index in [0.29, 0.717) is 22.0 Å². The van der Waals surface area contributed by atoms with Crippen LogP contribution in [0.5, 0.6) is 51.7 Å². The topological polar surface area (TPSA) is 438 Å². The molecule has 0 saturated carbocycles. The lowest BCUT2D eigenvalue weighted by Crippen LogP contribution is -2.28. The van der Waals surface area contributed by atoms with Crippen LogP contribution in [0.15, 0.2) is 88.3 Å². The minimum Gasteiger partial charge on any atom is -0.497 e. The number of rotatable bonds is 25. The molecule has 0 bridgehead atoms. The third-order valence-electron chi connectivity index (χ3n) is 16.5. The van der Waals surface area contributed by atoms with Crippen LogP contribution >= 0.6 is 92.4 Å². The van der Waals surface area contributed by atoms with Gasteiger partial charge in [0.1, 0.15) is 73.0 Å². The van der Waals surface area contributed by atoms with Gasteiger partial charge in [0, 0.05) is 64.9 Å². The van der Waals surface area contributed by atoms with Crippen molar-refractivity contribution in [2.45, 2.75) is 121 Å². The quantitative estimate of drug-likeness (QED) is 0.00252. The molecule has 0 fully saturated rings. The van der Waals surface area contributed by atoms with Crippen molar-refractivity contribution >= 4 is 145 Å². The Bertz CT molecular complexity index is 5850. The molecule has 10 N–H and O–H groups in total. The monoisotopic (exact) mass is 2310 g/mol. The van der Waals surface area contributed by atoms with E-state index >= 15 is 0 Å². The smallest absolute Gasteiger partial charge is 0.412 e. The Morgan fingerprint density at radius 2 is 0.807 bits per heavy atom. The van der Waals surface area contributed by atoms with E-state index in [0.717, 1.165) is 40.9 Å². The maximum absolute atomic E-state index is 14.3. The molecular weight excluding hydrogens is 2210 g/mol. The molecule has 806 valence electrons. The van der Waals surface area contributed by atoms with Gasteiger partial charge in [-0.2, -0.15) is 5.53 Å². The van der Waals surface area contributed by atoms with Crippen molar-refractivity contribution in [2.75, 3.05) is 118 Å². The predicted molar refractivity (Wildman–Crippen MR) is 527 cm³/mol. The first-order chi connectivity index (χ1) is 66.2. The molecule has 145 heavy (non-hydrogen) atoms. The van der Waals surface area contributed by atoms with E-state index in [9.17, 15) is 89.4 Å². The Kier molecular flexibility index (Phi) is 66.3. The van der Waals surface area contributed by atoms with Crippen molar-refractivity contribution in [2.24, 2.45) is 20.8 Å². The summed E-state index contributed by atoms with van der Waals surface area (Å²) < 4.78 is 270. The number of aromatic nitrogens is 6. The number of aromatic carboxylic acids is 1. The number of ether oxygens (including phenoxy) is 12. The van der Waals surface area contributed by atoms with Crippen molar-refractivity contribution in [1.82, 2.24) is 29.9 Å². The summed E-state index contributed by atoms with van der Waals surface area (Å²) in [6.45, 7) is 11.1. The number of aryl methyl sites for hydroxylation is 5. The minimum absolute atomic E-state index is 0. The molecule has 0 unspecified atom stereocenters. The number of nitrogens with two attached hydrogens (primary N) is 2. The minimum atomic E-state index is -2.62. The Morgan fingerprint density at radius 3 is 1.16 bits per heavy atom. The van der Waals surface area contributed by atoms with Crippen molar-refractivity contribution in [3.63, 3.8) is 0 Å². The van der Waals surface area contributed by atoms with Gasteiger partial charge in [0.05, 0.1) is 109 Å². The van der Waals surface area contributed by atoms with Gasteiger partial charge < -0.3 is 89.4 Å². The molecule has 0 atom stereocenters. The number of carbonyl (C=O) groups is 4. The van der Waals surface area contributed by atoms with Gasteiger partial charge in [-0.3, -0.25) is 5.32 Å². The molecule has 0 radical (unpaired) electrons. The summed E-state index contributed by atoms with van der Waals surface area (Å²) in [5.41, 5.74) is 14.7. The van der Waals surface area contributed by atoms with E-state index in [-0.39, 0.29) is 149 Å². The molecule has 10 aromatic rings. The molecule has 0 aliphatic carbocycles. The number of carboxylic acids is 1. The fourth-order valence-corrected chi connectivity index (χ4v) is 11.6. The van der Waals surface area contributed by atoms with E-state index in [1.807, 2.05) is 13.0 Å². The lowest BCUT2D eigenvalue weighted by Gasteiger charge is -2.20. The first-order valence-electron chi connectivity index (χ1n) is 38.6. The number of nitrogens with one attached hydrogen (secondary N) is 5. The third-order valence-corrected chi connectivity index (χ3v) is 18.6. The van der Waals surface area contributed by atoms with Crippen molar-refractivity contribution < 1.29 is 151 Å². The highest BCUT2D eigenvalue weighted by Gasteiger charge is 2.29. The van der Waals surface area contributed by atoms with Gasteiger partial charge in [-0.05, 0) is 171 Å². The summed E-state index contributed by atoms with van der Waals surface area (Å²) in [7, 11) is 13.9. The van der Waals surface area contributed by atoms with Crippen LogP contribution in [0.3, 0.4) is 0 Å². The van der Waals surface area contributed by atoms with Crippen LogP contribution in [0.2, 0.25) is 26.2 Å². The second-order valence-corrected chi connectivity index (χ2v) is 29.9. The fraction of sp³-hybridized carbons (Fsp3) is 0.348. The van der Waals surface area contributed by atoms with Crippen LogP contribution < -0.4 is 75.4 Å². The number of carbonyl (C=O) groups excluding carboxylic acids is 3. The number of amides is 1. The molecule has 33 nitrogen and oxygen atoms in total. The van der Waals surface area contributed by atoms with Crippen LogP contribution in [0.1, 0.15) is 126 Å². The Morgan fingerprint density at radius 1 is 0.455 bits per heavy atom. The highest BCUT2D eigenvalue weighted by Crippen LogP contribution is 2.39. The Labute approximate surface area is 868 Å².